The minimum atomic E-state index is -0.148. The Balaban J connectivity index is 1.41. The maximum atomic E-state index is 12.7. The highest BCUT2D eigenvalue weighted by molar-refractivity contribution is 5.89. The molecule has 5 rings (SSSR count). The Morgan fingerprint density at radius 3 is 2.70 bits per heavy atom. The van der Waals surface area contributed by atoms with Gasteiger partial charge in [0.2, 0.25) is 0 Å². The molecule has 0 radical (unpaired) electrons. The predicted octanol–water partition coefficient (Wildman–Crippen LogP) is 4.76. The van der Waals surface area contributed by atoms with Crippen LogP contribution in [0, 0.1) is 36.0 Å². The van der Waals surface area contributed by atoms with E-state index in [1.54, 1.807) is 0 Å². The number of hydrogen-bond donors (Lipinski definition) is 0. The zero-order valence-corrected chi connectivity index (χ0v) is 14.2. The van der Waals surface area contributed by atoms with Crippen LogP contribution >= 0.6 is 0 Å². The smallest absolute Gasteiger partial charge is 0.338 e. The van der Waals surface area contributed by atoms with Crippen LogP contribution in [0.15, 0.2) is 24.3 Å². The van der Waals surface area contributed by atoms with Crippen molar-refractivity contribution in [3.8, 4) is 0 Å². The molecule has 2 nitrogen and oxygen atoms in total. The van der Waals surface area contributed by atoms with Crippen LogP contribution in [-0.2, 0) is 4.74 Å². The lowest BCUT2D eigenvalue weighted by molar-refractivity contribution is -0.143. The van der Waals surface area contributed by atoms with Crippen molar-refractivity contribution in [2.75, 3.05) is 0 Å². The summed E-state index contributed by atoms with van der Waals surface area (Å²) in [6.45, 7) is 4.50. The fourth-order valence-corrected chi connectivity index (χ4v) is 7.00. The maximum Gasteiger partial charge on any atom is 0.338 e. The Morgan fingerprint density at radius 1 is 1.13 bits per heavy atom. The zero-order valence-electron chi connectivity index (χ0n) is 14.2. The second-order valence-corrected chi connectivity index (χ2v) is 9.08. The van der Waals surface area contributed by atoms with Gasteiger partial charge in [-0.3, -0.25) is 0 Å². The molecule has 4 aliphatic rings. The zero-order chi connectivity index (χ0) is 15.8. The summed E-state index contributed by atoms with van der Waals surface area (Å²) < 4.78 is 6.22. The third-order valence-electron chi connectivity index (χ3n) is 7.68. The summed E-state index contributed by atoms with van der Waals surface area (Å²) in [5, 5.41) is 0. The third kappa shape index (κ3) is 1.84. The van der Waals surface area contributed by atoms with E-state index in [0.29, 0.717) is 11.0 Å². The van der Waals surface area contributed by atoms with Gasteiger partial charge in [0.1, 0.15) is 5.60 Å². The number of benzene rings is 1. The Labute approximate surface area is 138 Å². The predicted molar refractivity (Wildman–Crippen MR) is 89.1 cm³/mol. The van der Waals surface area contributed by atoms with E-state index in [0.717, 1.165) is 42.9 Å². The summed E-state index contributed by atoms with van der Waals surface area (Å²) in [7, 11) is 0. The number of ether oxygens (including phenoxy) is 1. The Hall–Kier alpha value is -1.31. The van der Waals surface area contributed by atoms with Crippen LogP contribution in [-0.4, -0.2) is 11.6 Å². The number of aryl methyl sites for hydroxylation is 1. The van der Waals surface area contributed by atoms with Gasteiger partial charge in [-0.05, 0) is 86.7 Å². The van der Waals surface area contributed by atoms with Crippen molar-refractivity contribution in [1.82, 2.24) is 0 Å². The van der Waals surface area contributed by atoms with Crippen molar-refractivity contribution in [1.29, 1.82) is 0 Å². The lowest BCUT2D eigenvalue weighted by atomic mass is 9.43. The van der Waals surface area contributed by atoms with Crippen LogP contribution in [0.5, 0.6) is 0 Å². The minimum Gasteiger partial charge on any atom is -0.455 e. The first-order chi connectivity index (χ1) is 11.0. The summed E-state index contributed by atoms with van der Waals surface area (Å²) in [5.41, 5.74) is 2.28. The number of hydrogen-bond acceptors (Lipinski definition) is 2. The van der Waals surface area contributed by atoms with E-state index in [9.17, 15) is 4.79 Å². The molecule has 0 N–H and O–H groups in total. The normalized spacial score (nSPS) is 46.2. The van der Waals surface area contributed by atoms with Crippen molar-refractivity contribution >= 4 is 5.97 Å². The standard InChI is InChI=1S/C21H26O2/c1-13-3-5-16(6-4-13)19(22)23-20-9-15-7-14(2)18-8-17(11-20)21(18,10-15)12-20/h3-6,14-15,17-18H,7-12H2,1-2H3. The average molecular weight is 310 g/mol. The Bertz CT molecular complexity index is 663. The van der Waals surface area contributed by atoms with Gasteiger partial charge in [-0.25, -0.2) is 4.79 Å². The van der Waals surface area contributed by atoms with E-state index in [-0.39, 0.29) is 11.6 Å². The van der Waals surface area contributed by atoms with Gasteiger partial charge < -0.3 is 4.74 Å². The summed E-state index contributed by atoms with van der Waals surface area (Å²) in [5.74, 6) is 3.29. The summed E-state index contributed by atoms with van der Waals surface area (Å²) in [4.78, 5) is 12.7. The van der Waals surface area contributed by atoms with Crippen LogP contribution in [0.3, 0.4) is 0 Å². The molecule has 3 bridgehead atoms. The van der Waals surface area contributed by atoms with Crippen LogP contribution in [0.25, 0.3) is 0 Å². The van der Waals surface area contributed by atoms with Crippen molar-refractivity contribution in [2.24, 2.45) is 29.1 Å². The molecule has 4 saturated carbocycles. The lowest BCUT2D eigenvalue weighted by Gasteiger charge is -2.62. The van der Waals surface area contributed by atoms with Crippen LogP contribution in [0.1, 0.15) is 61.4 Å². The molecule has 0 aromatic heterocycles. The van der Waals surface area contributed by atoms with Gasteiger partial charge in [-0.1, -0.05) is 24.6 Å². The molecule has 6 atom stereocenters. The largest absolute Gasteiger partial charge is 0.455 e. The molecule has 23 heavy (non-hydrogen) atoms. The van der Waals surface area contributed by atoms with Gasteiger partial charge in [0.05, 0.1) is 5.56 Å². The number of fused-ring (bicyclic) bond motifs is 2. The summed E-state index contributed by atoms with van der Waals surface area (Å²) in [6, 6.07) is 7.81. The topological polar surface area (TPSA) is 26.3 Å². The molecule has 6 unspecified atom stereocenters. The molecule has 0 saturated heterocycles. The molecule has 0 heterocycles. The average Bonchev–Trinajstić information content (AvgIpc) is 2.68. The van der Waals surface area contributed by atoms with Crippen molar-refractivity contribution in [2.45, 2.75) is 58.0 Å². The number of carbonyl (C=O) groups excluding carboxylic acids is 1. The summed E-state index contributed by atoms with van der Waals surface area (Å²) in [6.07, 6.45) is 7.54. The lowest BCUT2D eigenvalue weighted by Crippen LogP contribution is -2.55. The van der Waals surface area contributed by atoms with Gasteiger partial charge in [0, 0.05) is 0 Å². The quantitative estimate of drug-likeness (QED) is 0.736. The molecule has 0 aliphatic heterocycles. The molecule has 4 aliphatic carbocycles. The first-order valence-electron chi connectivity index (χ1n) is 9.30. The third-order valence-corrected chi connectivity index (χ3v) is 7.68. The fraction of sp³-hybridized carbons (Fsp3) is 0.667. The monoisotopic (exact) mass is 310 g/mol. The van der Waals surface area contributed by atoms with Gasteiger partial charge in [-0.2, -0.15) is 0 Å². The number of rotatable bonds is 2. The molecule has 4 fully saturated rings. The van der Waals surface area contributed by atoms with Crippen LogP contribution in [0.2, 0.25) is 0 Å². The highest BCUT2D eigenvalue weighted by Crippen LogP contribution is 2.75. The van der Waals surface area contributed by atoms with Crippen molar-refractivity contribution in [3.63, 3.8) is 0 Å². The second-order valence-electron chi connectivity index (χ2n) is 9.08. The molecule has 0 amide bonds. The fourth-order valence-electron chi connectivity index (χ4n) is 7.00. The van der Waals surface area contributed by atoms with Gasteiger partial charge in [0.25, 0.3) is 0 Å². The van der Waals surface area contributed by atoms with E-state index in [1.807, 2.05) is 31.2 Å². The van der Waals surface area contributed by atoms with E-state index >= 15 is 0 Å². The molecule has 1 aromatic carbocycles. The maximum absolute atomic E-state index is 12.7. The van der Waals surface area contributed by atoms with E-state index < -0.39 is 0 Å². The molecule has 122 valence electrons. The van der Waals surface area contributed by atoms with E-state index in [2.05, 4.69) is 6.92 Å². The van der Waals surface area contributed by atoms with Gasteiger partial charge in [-0.15, -0.1) is 0 Å². The van der Waals surface area contributed by atoms with Crippen molar-refractivity contribution < 1.29 is 9.53 Å². The summed E-state index contributed by atoms with van der Waals surface area (Å²) >= 11 is 0. The molecular weight excluding hydrogens is 284 g/mol. The highest BCUT2D eigenvalue weighted by atomic mass is 16.6. The number of esters is 1. The molecule has 1 aromatic rings. The molecule has 2 heteroatoms. The van der Waals surface area contributed by atoms with Crippen LogP contribution in [0.4, 0.5) is 0 Å². The van der Waals surface area contributed by atoms with E-state index in [1.165, 1.54) is 24.8 Å². The first kappa shape index (κ1) is 14.1. The molecule has 1 spiro atoms. The highest BCUT2D eigenvalue weighted by Gasteiger charge is 2.71. The van der Waals surface area contributed by atoms with E-state index in [4.69, 9.17) is 4.74 Å². The Morgan fingerprint density at radius 2 is 1.91 bits per heavy atom. The van der Waals surface area contributed by atoms with Gasteiger partial charge >= 0.3 is 5.97 Å². The first-order valence-corrected chi connectivity index (χ1v) is 9.30. The molecular formula is C21H26O2. The van der Waals surface area contributed by atoms with Gasteiger partial charge in [0.15, 0.2) is 0 Å². The van der Waals surface area contributed by atoms with Crippen LogP contribution < -0.4 is 0 Å². The SMILES string of the molecule is Cc1ccc(C(=O)OC23CC4CC(C)C5CC(C2)C5(C4)C3)cc1. The minimum absolute atomic E-state index is 0.104. The number of carbonyl (C=O) groups is 1. The van der Waals surface area contributed by atoms with Crippen molar-refractivity contribution in [3.05, 3.63) is 35.4 Å². The second kappa shape index (κ2) is 4.40. The Kier molecular flexibility index (Phi) is 2.69.